The number of carbonyl (C=O) groups excluding carboxylic acids is 2. The maximum atomic E-state index is 12.5. The molecule has 0 aromatic heterocycles. The van der Waals surface area contributed by atoms with Crippen LogP contribution in [0.1, 0.15) is 32.3 Å². The van der Waals surface area contributed by atoms with Crippen LogP contribution in [0.5, 0.6) is 5.75 Å². The molecule has 0 saturated carbocycles. The lowest BCUT2D eigenvalue weighted by Crippen LogP contribution is -2.36. The molecule has 5 nitrogen and oxygen atoms in total. The standard InChI is InChI=1S/C20H24N2O3/c1-14(2)18-7-5-6-8-19(18)21-20(24)13-22(15(3)23)16-9-11-17(25-4)12-10-16/h5-12,14H,13H2,1-4H3,(H,21,24). The molecule has 0 unspecified atom stereocenters. The van der Waals surface area contributed by atoms with Crippen LogP contribution in [-0.4, -0.2) is 25.5 Å². The quantitative estimate of drug-likeness (QED) is 0.870. The van der Waals surface area contributed by atoms with Crippen molar-refractivity contribution in [3.05, 3.63) is 54.1 Å². The van der Waals surface area contributed by atoms with E-state index < -0.39 is 0 Å². The molecule has 0 aliphatic carbocycles. The number of benzene rings is 2. The van der Waals surface area contributed by atoms with Gasteiger partial charge in [0.1, 0.15) is 12.3 Å². The molecule has 0 radical (unpaired) electrons. The highest BCUT2D eigenvalue weighted by Gasteiger charge is 2.17. The molecule has 0 spiro atoms. The zero-order chi connectivity index (χ0) is 18.4. The SMILES string of the molecule is COc1ccc(N(CC(=O)Nc2ccccc2C(C)C)C(C)=O)cc1. The smallest absolute Gasteiger partial charge is 0.244 e. The molecule has 0 saturated heterocycles. The number of carbonyl (C=O) groups is 2. The van der Waals surface area contributed by atoms with Crippen LogP contribution in [0.15, 0.2) is 48.5 Å². The summed E-state index contributed by atoms with van der Waals surface area (Å²) < 4.78 is 5.12. The zero-order valence-electron chi connectivity index (χ0n) is 15.1. The second-order valence-electron chi connectivity index (χ2n) is 6.09. The molecule has 0 fully saturated rings. The molecule has 0 bridgehead atoms. The number of nitrogens with one attached hydrogen (secondary N) is 1. The lowest BCUT2D eigenvalue weighted by molar-refractivity contribution is -0.120. The fraction of sp³-hybridized carbons (Fsp3) is 0.300. The number of hydrogen-bond acceptors (Lipinski definition) is 3. The van der Waals surface area contributed by atoms with Gasteiger partial charge < -0.3 is 15.0 Å². The molecule has 1 N–H and O–H groups in total. The maximum absolute atomic E-state index is 12.5. The van der Waals surface area contributed by atoms with E-state index >= 15 is 0 Å². The van der Waals surface area contributed by atoms with Crippen LogP contribution in [0.3, 0.4) is 0 Å². The summed E-state index contributed by atoms with van der Waals surface area (Å²) in [5, 5.41) is 2.91. The number of rotatable bonds is 6. The molecule has 2 aromatic carbocycles. The number of amides is 2. The van der Waals surface area contributed by atoms with Gasteiger partial charge in [0.15, 0.2) is 0 Å². The Morgan fingerprint density at radius 1 is 1.08 bits per heavy atom. The van der Waals surface area contributed by atoms with E-state index in [0.717, 1.165) is 11.3 Å². The fourth-order valence-corrected chi connectivity index (χ4v) is 2.59. The predicted octanol–water partition coefficient (Wildman–Crippen LogP) is 3.81. The minimum absolute atomic E-state index is 0.0475. The molecule has 25 heavy (non-hydrogen) atoms. The molecule has 2 aromatic rings. The first-order chi connectivity index (χ1) is 11.9. The molecule has 0 heterocycles. The summed E-state index contributed by atoms with van der Waals surface area (Å²) in [7, 11) is 1.58. The molecule has 0 aliphatic heterocycles. The van der Waals surface area contributed by atoms with Crippen LogP contribution in [0.2, 0.25) is 0 Å². The first-order valence-corrected chi connectivity index (χ1v) is 8.23. The third-order valence-corrected chi connectivity index (χ3v) is 3.92. The molecular weight excluding hydrogens is 316 g/mol. The summed E-state index contributed by atoms with van der Waals surface area (Å²) in [6, 6.07) is 14.7. The van der Waals surface area contributed by atoms with E-state index in [9.17, 15) is 9.59 Å². The minimum Gasteiger partial charge on any atom is -0.497 e. The van der Waals surface area contributed by atoms with Crippen molar-refractivity contribution in [3.63, 3.8) is 0 Å². The van der Waals surface area contributed by atoms with Gasteiger partial charge in [-0.15, -0.1) is 0 Å². The van der Waals surface area contributed by atoms with Gasteiger partial charge in [-0.25, -0.2) is 0 Å². The maximum Gasteiger partial charge on any atom is 0.244 e. The summed E-state index contributed by atoms with van der Waals surface area (Å²) >= 11 is 0. The van der Waals surface area contributed by atoms with Crippen molar-refractivity contribution >= 4 is 23.2 Å². The largest absolute Gasteiger partial charge is 0.497 e. The number of methoxy groups -OCH3 is 1. The average Bonchev–Trinajstić information content (AvgIpc) is 2.60. The van der Waals surface area contributed by atoms with Crippen LogP contribution in [0.25, 0.3) is 0 Å². The van der Waals surface area contributed by atoms with Crippen molar-refractivity contribution in [2.45, 2.75) is 26.7 Å². The van der Waals surface area contributed by atoms with E-state index in [1.54, 1.807) is 31.4 Å². The van der Waals surface area contributed by atoms with E-state index in [4.69, 9.17) is 4.74 Å². The van der Waals surface area contributed by atoms with Crippen molar-refractivity contribution in [2.24, 2.45) is 0 Å². The normalized spacial score (nSPS) is 10.4. The topological polar surface area (TPSA) is 58.6 Å². The molecule has 5 heteroatoms. The van der Waals surface area contributed by atoms with Crippen LogP contribution in [0, 0.1) is 0 Å². The van der Waals surface area contributed by atoms with Crippen molar-refractivity contribution in [3.8, 4) is 5.75 Å². The van der Waals surface area contributed by atoms with Crippen LogP contribution >= 0.6 is 0 Å². The fourth-order valence-electron chi connectivity index (χ4n) is 2.59. The van der Waals surface area contributed by atoms with Gasteiger partial charge in [0.2, 0.25) is 11.8 Å². The highest BCUT2D eigenvalue weighted by atomic mass is 16.5. The first kappa shape index (κ1) is 18.5. The number of para-hydroxylation sites is 1. The summed E-state index contributed by atoms with van der Waals surface area (Å²) in [6.07, 6.45) is 0. The molecular formula is C20H24N2O3. The Labute approximate surface area is 148 Å². The molecule has 0 aliphatic rings. The summed E-state index contributed by atoms with van der Waals surface area (Å²) in [5.41, 5.74) is 2.50. The lowest BCUT2D eigenvalue weighted by Gasteiger charge is -2.21. The Kier molecular flexibility index (Phi) is 6.17. The molecule has 132 valence electrons. The van der Waals surface area contributed by atoms with Crippen molar-refractivity contribution < 1.29 is 14.3 Å². The highest BCUT2D eigenvalue weighted by Crippen LogP contribution is 2.24. The predicted molar refractivity (Wildman–Crippen MR) is 100 cm³/mol. The lowest BCUT2D eigenvalue weighted by atomic mass is 10.0. The van der Waals surface area contributed by atoms with Crippen LogP contribution in [-0.2, 0) is 9.59 Å². The van der Waals surface area contributed by atoms with Gasteiger partial charge in [-0.2, -0.15) is 0 Å². The number of nitrogens with zero attached hydrogens (tertiary/aromatic N) is 1. The average molecular weight is 340 g/mol. The van der Waals surface area contributed by atoms with Gasteiger partial charge >= 0.3 is 0 Å². The van der Waals surface area contributed by atoms with E-state index in [-0.39, 0.29) is 18.4 Å². The Bertz CT molecular complexity index is 739. The summed E-state index contributed by atoms with van der Waals surface area (Å²) in [5.74, 6) is 0.557. The number of hydrogen-bond donors (Lipinski definition) is 1. The van der Waals surface area contributed by atoms with E-state index in [1.165, 1.54) is 11.8 Å². The van der Waals surface area contributed by atoms with Crippen molar-refractivity contribution in [1.82, 2.24) is 0 Å². The van der Waals surface area contributed by atoms with Gasteiger partial charge in [-0.3, -0.25) is 9.59 Å². The molecule has 2 amide bonds. The second-order valence-corrected chi connectivity index (χ2v) is 6.09. The van der Waals surface area contributed by atoms with Gasteiger partial charge in [0.05, 0.1) is 7.11 Å². The monoisotopic (exact) mass is 340 g/mol. The third kappa shape index (κ3) is 4.83. The summed E-state index contributed by atoms with van der Waals surface area (Å²) in [6.45, 7) is 5.54. The van der Waals surface area contributed by atoms with Crippen LogP contribution < -0.4 is 15.0 Å². The van der Waals surface area contributed by atoms with E-state index in [2.05, 4.69) is 19.2 Å². The summed E-state index contributed by atoms with van der Waals surface area (Å²) in [4.78, 5) is 25.9. The number of ether oxygens (including phenoxy) is 1. The second kappa shape index (κ2) is 8.33. The molecule has 2 rings (SSSR count). The highest BCUT2D eigenvalue weighted by molar-refractivity contribution is 6.02. The zero-order valence-corrected chi connectivity index (χ0v) is 15.1. The molecule has 0 atom stereocenters. The Morgan fingerprint density at radius 2 is 1.72 bits per heavy atom. The minimum atomic E-state index is -0.237. The van der Waals surface area contributed by atoms with Crippen molar-refractivity contribution in [2.75, 3.05) is 23.9 Å². The van der Waals surface area contributed by atoms with E-state index in [0.29, 0.717) is 17.4 Å². The number of anilines is 2. The third-order valence-electron chi connectivity index (χ3n) is 3.92. The Hall–Kier alpha value is -2.82. The van der Waals surface area contributed by atoms with Gasteiger partial charge in [-0.05, 0) is 41.8 Å². The first-order valence-electron chi connectivity index (χ1n) is 8.23. The Morgan fingerprint density at radius 3 is 2.28 bits per heavy atom. The Balaban J connectivity index is 2.14. The van der Waals surface area contributed by atoms with Gasteiger partial charge in [-0.1, -0.05) is 32.0 Å². The van der Waals surface area contributed by atoms with E-state index in [1.807, 2.05) is 24.3 Å². The van der Waals surface area contributed by atoms with Crippen molar-refractivity contribution in [1.29, 1.82) is 0 Å². The van der Waals surface area contributed by atoms with Gasteiger partial charge in [0, 0.05) is 18.3 Å². The van der Waals surface area contributed by atoms with Gasteiger partial charge in [0.25, 0.3) is 0 Å². The van der Waals surface area contributed by atoms with Crippen LogP contribution in [0.4, 0.5) is 11.4 Å².